The highest BCUT2D eigenvalue weighted by molar-refractivity contribution is 6.05. The van der Waals surface area contributed by atoms with Gasteiger partial charge in [-0.1, -0.05) is 6.92 Å². The van der Waals surface area contributed by atoms with Crippen molar-refractivity contribution in [2.75, 3.05) is 19.0 Å². The topological polar surface area (TPSA) is 103 Å². The summed E-state index contributed by atoms with van der Waals surface area (Å²) >= 11 is 0. The largest absolute Gasteiger partial charge is 0.497 e. The molecule has 2 aromatic rings. The van der Waals surface area contributed by atoms with E-state index in [0.717, 1.165) is 6.42 Å². The van der Waals surface area contributed by atoms with Gasteiger partial charge in [0.1, 0.15) is 18.0 Å². The van der Waals surface area contributed by atoms with Gasteiger partial charge in [0, 0.05) is 18.3 Å². The Morgan fingerprint density at radius 3 is 2.79 bits per heavy atom. The quantitative estimate of drug-likeness (QED) is 0.766. The maximum atomic E-state index is 12.4. The van der Waals surface area contributed by atoms with Gasteiger partial charge >= 0.3 is 5.97 Å². The van der Waals surface area contributed by atoms with Gasteiger partial charge in [0.2, 0.25) is 0 Å². The number of aliphatic carboxylic acids is 1. The van der Waals surface area contributed by atoms with E-state index in [1.54, 1.807) is 18.2 Å². The van der Waals surface area contributed by atoms with Crippen molar-refractivity contribution < 1.29 is 24.2 Å². The first-order chi connectivity index (χ1) is 11.5. The molecule has 0 aliphatic heterocycles. The SMILES string of the molecule is CCCOc1cc(OC)ccc1C(=O)Nc1ccn(CC(=O)O)n1. The zero-order valence-corrected chi connectivity index (χ0v) is 13.5. The highest BCUT2D eigenvalue weighted by atomic mass is 16.5. The van der Waals surface area contributed by atoms with Crippen LogP contribution in [0.1, 0.15) is 23.7 Å². The number of nitrogens with zero attached hydrogens (tertiary/aromatic N) is 2. The van der Waals surface area contributed by atoms with Gasteiger partial charge in [-0.25, -0.2) is 0 Å². The van der Waals surface area contributed by atoms with E-state index >= 15 is 0 Å². The molecule has 0 fully saturated rings. The number of hydrogen-bond donors (Lipinski definition) is 2. The highest BCUT2D eigenvalue weighted by Gasteiger charge is 2.15. The zero-order chi connectivity index (χ0) is 17.5. The normalized spacial score (nSPS) is 10.2. The van der Waals surface area contributed by atoms with Gasteiger partial charge in [-0.05, 0) is 18.6 Å². The number of rotatable bonds is 8. The molecule has 0 unspecified atom stereocenters. The summed E-state index contributed by atoms with van der Waals surface area (Å²) in [4.78, 5) is 23.1. The Labute approximate surface area is 139 Å². The van der Waals surface area contributed by atoms with Gasteiger partial charge < -0.3 is 19.9 Å². The lowest BCUT2D eigenvalue weighted by Gasteiger charge is -2.12. The molecule has 8 nitrogen and oxygen atoms in total. The lowest BCUT2D eigenvalue weighted by molar-refractivity contribution is -0.137. The summed E-state index contributed by atoms with van der Waals surface area (Å²) in [5.41, 5.74) is 0.344. The number of anilines is 1. The van der Waals surface area contributed by atoms with Crippen LogP contribution in [-0.4, -0.2) is 40.5 Å². The number of ether oxygens (including phenoxy) is 2. The van der Waals surface area contributed by atoms with Crippen molar-refractivity contribution >= 4 is 17.7 Å². The van der Waals surface area contributed by atoms with Crippen LogP contribution in [0.15, 0.2) is 30.5 Å². The van der Waals surface area contributed by atoms with E-state index in [9.17, 15) is 9.59 Å². The lowest BCUT2D eigenvalue weighted by Crippen LogP contribution is -2.15. The molecule has 2 rings (SSSR count). The molecule has 0 radical (unpaired) electrons. The summed E-state index contributed by atoms with van der Waals surface area (Å²) in [5.74, 6) is -0.147. The number of benzene rings is 1. The van der Waals surface area contributed by atoms with E-state index < -0.39 is 11.9 Å². The summed E-state index contributed by atoms with van der Waals surface area (Å²) in [7, 11) is 1.54. The van der Waals surface area contributed by atoms with Gasteiger partial charge in [0.15, 0.2) is 5.82 Å². The van der Waals surface area contributed by atoms with E-state index in [-0.39, 0.29) is 12.4 Å². The van der Waals surface area contributed by atoms with Crippen LogP contribution in [0, 0.1) is 0 Å². The average Bonchev–Trinajstić information content (AvgIpc) is 2.98. The van der Waals surface area contributed by atoms with E-state index in [1.165, 1.54) is 24.1 Å². The van der Waals surface area contributed by atoms with Crippen molar-refractivity contribution in [1.29, 1.82) is 0 Å². The Bertz CT molecular complexity index is 726. The molecular formula is C16H19N3O5. The van der Waals surface area contributed by atoms with Crippen molar-refractivity contribution in [2.24, 2.45) is 0 Å². The van der Waals surface area contributed by atoms with Crippen LogP contribution in [0.5, 0.6) is 11.5 Å². The summed E-state index contributed by atoms with van der Waals surface area (Å²) in [5, 5.41) is 15.3. The molecule has 128 valence electrons. The number of amides is 1. The Balaban J connectivity index is 2.16. The second-order valence-corrected chi connectivity index (χ2v) is 4.96. The van der Waals surface area contributed by atoms with Gasteiger partial charge in [0.25, 0.3) is 5.91 Å². The van der Waals surface area contributed by atoms with Crippen molar-refractivity contribution in [3.63, 3.8) is 0 Å². The summed E-state index contributed by atoms with van der Waals surface area (Å²) in [6.45, 7) is 2.17. The molecule has 0 spiro atoms. The van der Waals surface area contributed by atoms with E-state index in [0.29, 0.717) is 23.7 Å². The van der Waals surface area contributed by atoms with Crippen LogP contribution >= 0.6 is 0 Å². The summed E-state index contributed by atoms with van der Waals surface area (Å²) < 4.78 is 12.0. The number of carboxylic acid groups (broad SMARTS) is 1. The minimum Gasteiger partial charge on any atom is -0.497 e. The number of aromatic nitrogens is 2. The molecule has 1 amide bonds. The Hall–Kier alpha value is -3.03. The molecule has 0 aliphatic carbocycles. The summed E-state index contributed by atoms with van der Waals surface area (Å²) in [6.07, 6.45) is 2.28. The Morgan fingerprint density at radius 1 is 1.33 bits per heavy atom. The highest BCUT2D eigenvalue weighted by Crippen LogP contribution is 2.25. The zero-order valence-electron chi connectivity index (χ0n) is 13.5. The molecule has 0 bridgehead atoms. The number of hydrogen-bond acceptors (Lipinski definition) is 5. The predicted octanol–water partition coefficient (Wildman–Crippen LogP) is 2.02. The standard InChI is InChI=1S/C16H19N3O5/c1-3-8-24-13-9-11(23-2)4-5-12(13)16(22)17-14-6-7-19(18-14)10-15(20)21/h4-7,9H,3,8,10H2,1-2H3,(H,20,21)(H,17,18,22). The Morgan fingerprint density at radius 2 is 2.12 bits per heavy atom. The van der Waals surface area contributed by atoms with Gasteiger partial charge in [0.05, 0.1) is 19.3 Å². The van der Waals surface area contributed by atoms with Gasteiger partial charge in [-0.15, -0.1) is 0 Å². The molecule has 8 heteroatoms. The lowest BCUT2D eigenvalue weighted by atomic mass is 10.1. The van der Waals surface area contributed by atoms with Crippen LogP contribution in [0.2, 0.25) is 0 Å². The molecule has 0 aliphatic rings. The number of carbonyl (C=O) groups is 2. The third kappa shape index (κ3) is 4.48. The van der Waals surface area contributed by atoms with E-state index in [4.69, 9.17) is 14.6 Å². The van der Waals surface area contributed by atoms with Crippen LogP contribution < -0.4 is 14.8 Å². The number of methoxy groups -OCH3 is 1. The van der Waals surface area contributed by atoms with Gasteiger partial charge in [-0.3, -0.25) is 14.3 Å². The number of nitrogens with one attached hydrogen (secondary N) is 1. The van der Waals surface area contributed by atoms with E-state index in [2.05, 4.69) is 10.4 Å². The molecule has 0 atom stereocenters. The fourth-order valence-corrected chi connectivity index (χ4v) is 1.99. The van der Waals surface area contributed by atoms with Gasteiger partial charge in [-0.2, -0.15) is 5.10 Å². The molecular weight excluding hydrogens is 314 g/mol. The maximum absolute atomic E-state index is 12.4. The third-order valence-corrected chi connectivity index (χ3v) is 3.07. The van der Waals surface area contributed by atoms with Crippen molar-refractivity contribution in [3.05, 3.63) is 36.0 Å². The Kier molecular flexibility index (Phi) is 5.78. The van der Waals surface area contributed by atoms with Crippen molar-refractivity contribution in [2.45, 2.75) is 19.9 Å². The molecule has 0 saturated heterocycles. The van der Waals surface area contributed by atoms with Crippen LogP contribution in [-0.2, 0) is 11.3 Å². The first-order valence-corrected chi connectivity index (χ1v) is 7.41. The van der Waals surface area contributed by atoms with Crippen LogP contribution in [0.25, 0.3) is 0 Å². The van der Waals surface area contributed by atoms with E-state index in [1.807, 2.05) is 6.92 Å². The second kappa shape index (κ2) is 8.00. The fraction of sp³-hybridized carbons (Fsp3) is 0.312. The predicted molar refractivity (Wildman–Crippen MR) is 86.6 cm³/mol. The molecule has 1 aromatic carbocycles. The average molecular weight is 333 g/mol. The summed E-state index contributed by atoms with van der Waals surface area (Å²) in [6, 6.07) is 6.44. The first-order valence-electron chi connectivity index (χ1n) is 7.41. The fourth-order valence-electron chi connectivity index (χ4n) is 1.99. The van der Waals surface area contributed by atoms with Crippen LogP contribution in [0.4, 0.5) is 5.82 Å². The minimum atomic E-state index is -1.01. The molecule has 24 heavy (non-hydrogen) atoms. The smallest absolute Gasteiger partial charge is 0.325 e. The second-order valence-electron chi connectivity index (χ2n) is 4.96. The van der Waals surface area contributed by atoms with Crippen molar-refractivity contribution in [1.82, 2.24) is 9.78 Å². The number of carboxylic acids is 1. The minimum absolute atomic E-state index is 0.263. The first kappa shape index (κ1) is 17.3. The molecule has 1 heterocycles. The van der Waals surface area contributed by atoms with Crippen molar-refractivity contribution in [3.8, 4) is 11.5 Å². The van der Waals surface area contributed by atoms with Crippen LogP contribution in [0.3, 0.4) is 0 Å². The molecule has 2 N–H and O–H groups in total. The molecule has 1 aromatic heterocycles. The monoisotopic (exact) mass is 333 g/mol. The molecule has 0 saturated carbocycles. The number of carbonyl (C=O) groups excluding carboxylic acids is 1. The third-order valence-electron chi connectivity index (χ3n) is 3.07. The maximum Gasteiger partial charge on any atom is 0.325 e.